The number of ether oxygens (including phenoxy) is 1. The van der Waals surface area contributed by atoms with Gasteiger partial charge in [0, 0.05) is 15.5 Å². The number of carbonyl (C=O) groups excluding carboxylic acids is 3. The number of para-hydroxylation sites is 1. The third-order valence-electron chi connectivity index (χ3n) is 3.65. The fourth-order valence-corrected chi connectivity index (χ4v) is 3.99. The van der Waals surface area contributed by atoms with Crippen LogP contribution in [0.5, 0.6) is 0 Å². The van der Waals surface area contributed by atoms with Crippen LogP contribution < -0.4 is 5.32 Å². The minimum Gasteiger partial charge on any atom is -0.457 e. The molecule has 1 amide bonds. The fourth-order valence-electron chi connectivity index (χ4n) is 2.38. The van der Waals surface area contributed by atoms with Crippen LogP contribution >= 0.6 is 35.0 Å². The topological polar surface area (TPSA) is 72.5 Å². The zero-order valence-corrected chi connectivity index (χ0v) is 15.7. The molecular weight excluding hydrogens is 397 g/mol. The maximum atomic E-state index is 12.1. The van der Waals surface area contributed by atoms with Gasteiger partial charge in [-0.3, -0.25) is 14.4 Å². The number of anilines is 1. The molecule has 1 heterocycles. The number of hydrogen-bond donors (Lipinski definition) is 1. The van der Waals surface area contributed by atoms with Crippen LogP contribution in [0.15, 0.2) is 47.4 Å². The Bertz CT molecular complexity index is 887. The molecule has 0 fully saturated rings. The van der Waals surface area contributed by atoms with E-state index in [4.69, 9.17) is 27.9 Å². The Morgan fingerprint density at radius 2 is 1.92 bits per heavy atom. The van der Waals surface area contributed by atoms with Crippen LogP contribution in [0.3, 0.4) is 0 Å². The van der Waals surface area contributed by atoms with E-state index >= 15 is 0 Å². The van der Waals surface area contributed by atoms with Gasteiger partial charge >= 0.3 is 5.97 Å². The minimum absolute atomic E-state index is 0.132. The Kier molecular flexibility index (Phi) is 5.86. The largest absolute Gasteiger partial charge is 0.457 e. The molecular formula is C18H13Cl2NO4S. The number of amides is 1. The molecule has 1 atom stereocenters. The van der Waals surface area contributed by atoms with E-state index in [0.717, 1.165) is 10.6 Å². The van der Waals surface area contributed by atoms with Gasteiger partial charge < -0.3 is 10.1 Å². The van der Waals surface area contributed by atoms with Crippen LogP contribution in [0, 0.1) is 0 Å². The lowest BCUT2D eigenvalue weighted by molar-refractivity contribution is -0.143. The van der Waals surface area contributed by atoms with Crippen molar-refractivity contribution in [1.29, 1.82) is 0 Å². The number of hydrogen-bond acceptors (Lipinski definition) is 5. The number of halogens is 2. The summed E-state index contributed by atoms with van der Waals surface area (Å²) in [6.07, 6.45) is -0.132. The summed E-state index contributed by atoms with van der Waals surface area (Å²) in [7, 11) is 0. The summed E-state index contributed by atoms with van der Waals surface area (Å²) < 4.78 is 5.01. The molecule has 8 heteroatoms. The average molecular weight is 410 g/mol. The van der Waals surface area contributed by atoms with Gasteiger partial charge in [-0.15, -0.1) is 11.8 Å². The van der Waals surface area contributed by atoms with E-state index in [9.17, 15) is 14.4 Å². The molecule has 0 saturated carbocycles. The number of nitrogens with one attached hydrogen (secondary N) is 1. The Balaban J connectivity index is 1.56. The third kappa shape index (κ3) is 4.38. The molecule has 0 spiro atoms. The molecule has 0 unspecified atom stereocenters. The molecule has 26 heavy (non-hydrogen) atoms. The number of ketones is 1. The van der Waals surface area contributed by atoms with Crippen molar-refractivity contribution in [1.82, 2.24) is 0 Å². The molecule has 0 radical (unpaired) electrons. The third-order valence-corrected chi connectivity index (χ3v) is 5.48. The van der Waals surface area contributed by atoms with Gasteiger partial charge in [-0.1, -0.05) is 35.3 Å². The lowest BCUT2D eigenvalue weighted by atomic mass is 10.1. The number of Topliss-reactive ketones (excluding diaryl/α,β-unsaturated/α-hetero) is 1. The van der Waals surface area contributed by atoms with Crippen molar-refractivity contribution in [2.75, 3.05) is 11.9 Å². The Morgan fingerprint density at radius 1 is 1.15 bits per heavy atom. The first-order valence-electron chi connectivity index (χ1n) is 7.64. The van der Waals surface area contributed by atoms with E-state index in [2.05, 4.69) is 5.32 Å². The van der Waals surface area contributed by atoms with Crippen molar-refractivity contribution in [3.63, 3.8) is 0 Å². The highest BCUT2D eigenvalue weighted by Crippen LogP contribution is 2.36. The number of benzene rings is 2. The summed E-state index contributed by atoms with van der Waals surface area (Å²) in [5.41, 5.74) is 0.947. The fraction of sp³-hybridized carbons (Fsp3) is 0.167. The minimum atomic E-state index is -0.629. The van der Waals surface area contributed by atoms with Crippen molar-refractivity contribution in [3.8, 4) is 0 Å². The lowest BCUT2D eigenvalue weighted by Gasteiger charge is -2.23. The summed E-state index contributed by atoms with van der Waals surface area (Å²) in [5, 5.41) is 2.75. The van der Waals surface area contributed by atoms with Crippen molar-refractivity contribution < 1.29 is 19.1 Å². The van der Waals surface area contributed by atoms with E-state index in [-0.39, 0.29) is 22.9 Å². The average Bonchev–Trinajstić information content (AvgIpc) is 2.60. The quantitative estimate of drug-likeness (QED) is 0.590. The summed E-state index contributed by atoms with van der Waals surface area (Å²) in [5.74, 6) is -1.33. The van der Waals surface area contributed by atoms with Crippen LogP contribution in [-0.4, -0.2) is 29.5 Å². The van der Waals surface area contributed by atoms with Crippen LogP contribution in [-0.2, 0) is 14.3 Å². The second-order valence-corrected chi connectivity index (χ2v) is 7.59. The molecule has 0 aromatic heterocycles. The molecule has 0 saturated heterocycles. The van der Waals surface area contributed by atoms with Crippen molar-refractivity contribution in [3.05, 3.63) is 58.1 Å². The van der Waals surface area contributed by atoms with E-state index < -0.39 is 23.6 Å². The first-order valence-corrected chi connectivity index (χ1v) is 9.28. The van der Waals surface area contributed by atoms with Gasteiger partial charge in [-0.25, -0.2) is 0 Å². The normalized spacial score (nSPS) is 15.8. The first kappa shape index (κ1) is 18.8. The molecule has 0 bridgehead atoms. The molecule has 3 rings (SSSR count). The summed E-state index contributed by atoms with van der Waals surface area (Å²) in [6, 6.07) is 11.8. The first-order chi connectivity index (χ1) is 12.4. The Labute approximate surface area is 164 Å². The van der Waals surface area contributed by atoms with Gasteiger partial charge in [-0.05, 0) is 30.3 Å². The monoisotopic (exact) mass is 409 g/mol. The van der Waals surface area contributed by atoms with Crippen LogP contribution in [0.25, 0.3) is 0 Å². The number of fused-ring (bicyclic) bond motifs is 1. The standard InChI is InChI=1S/C18H13Cl2NO4S/c19-10-5-6-11(12(20)7-10)14(22)9-25-17(23)8-16-18(24)21-13-3-1-2-4-15(13)26-16/h1-7,16H,8-9H2,(H,21,24)/t16-/m1/s1. The molecule has 1 N–H and O–H groups in total. The number of thioether (sulfide) groups is 1. The van der Waals surface area contributed by atoms with Crippen LogP contribution in [0.1, 0.15) is 16.8 Å². The molecule has 1 aliphatic rings. The van der Waals surface area contributed by atoms with Gasteiger partial charge in [-0.2, -0.15) is 0 Å². The van der Waals surface area contributed by atoms with Crippen LogP contribution in [0.2, 0.25) is 10.0 Å². The second-order valence-electron chi connectivity index (χ2n) is 5.50. The van der Waals surface area contributed by atoms with Gasteiger partial charge in [0.25, 0.3) is 0 Å². The lowest BCUT2D eigenvalue weighted by Crippen LogP contribution is -2.31. The molecule has 2 aromatic rings. The highest BCUT2D eigenvalue weighted by Gasteiger charge is 2.29. The predicted octanol–water partition coefficient (Wildman–Crippen LogP) is 4.22. The highest BCUT2D eigenvalue weighted by atomic mass is 35.5. The maximum absolute atomic E-state index is 12.1. The summed E-state index contributed by atoms with van der Waals surface area (Å²) in [4.78, 5) is 37.1. The smallest absolute Gasteiger partial charge is 0.307 e. The highest BCUT2D eigenvalue weighted by molar-refractivity contribution is 8.01. The van der Waals surface area contributed by atoms with Gasteiger partial charge in [0.05, 0.1) is 22.4 Å². The van der Waals surface area contributed by atoms with Gasteiger partial charge in [0.1, 0.15) is 0 Å². The summed E-state index contributed by atoms with van der Waals surface area (Å²) in [6.45, 7) is -0.449. The van der Waals surface area contributed by atoms with Crippen molar-refractivity contribution in [2.24, 2.45) is 0 Å². The Hall–Kier alpha value is -2.02. The molecule has 0 aliphatic carbocycles. The molecule has 2 aromatic carbocycles. The zero-order valence-electron chi connectivity index (χ0n) is 13.3. The second kappa shape index (κ2) is 8.12. The van der Waals surface area contributed by atoms with E-state index in [1.54, 1.807) is 6.07 Å². The van der Waals surface area contributed by atoms with Gasteiger partial charge in [0.15, 0.2) is 6.61 Å². The van der Waals surface area contributed by atoms with Crippen LogP contribution in [0.4, 0.5) is 5.69 Å². The van der Waals surface area contributed by atoms with Gasteiger partial charge in [0.2, 0.25) is 11.7 Å². The zero-order chi connectivity index (χ0) is 18.7. The SMILES string of the molecule is O=C(C[C@H]1Sc2ccccc2NC1=O)OCC(=O)c1ccc(Cl)cc1Cl. The molecule has 134 valence electrons. The molecule has 5 nitrogen and oxygen atoms in total. The summed E-state index contributed by atoms with van der Waals surface area (Å²) >= 11 is 13.0. The van der Waals surface area contributed by atoms with Crippen molar-refractivity contribution >= 4 is 58.3 Å². The van der Waals surface area contributed by atoms with E-state index in [1.807, 2.05) is 18.2 Å². The van der Waals surface area contributed by atoms with E-state index in [1.165, 1.54) is 30.0 Å². The van der Waals surface area contributed by atoms with E-state index in [0.29, 0.717) is 5.02 Å². The number of carbonyl (C=O) groups is 3. The number of rotatable bonds is 5. The maximum Gasteiger partial charge on any atom is 0.307 e. The Morgan fingerprint density at radius 3 is 2.69 bits per heavy atom. The molecule has 1 aliphatic heterocycles. The van der Waals surface area contributed by atoms with Crippen molar-refractivity contribution in [2.45, 2.75) is 16.6 Å². The number of esters is 1. The predicted molar refractivity (Wildman–Crippen MR) is 101 cm³/mol.